The highest BCUT2D eigenvalue weighted by Gasteiger charge is 2.20. The zero-order valence-electron chi connectivity index (χ0n) is 8.89. The van der Waals surface area contributed by atoms with Crippen LogP contribution in [0, 0.1) is 0 Å². The number of hydrogen-bond donors (Lipinski definition) is 2. The molecule has 0 saturated carbocycles. The fourth-order valence-corrected chi connectivity index (χ4v) is 2.74. The summed E-state index contributed by atoms with van der Waals surface area (Å²) in [5.74, 6) is 1.09. The molecule has 0 aromatic carbocycles. The predicted molar refractivity (Wildman–Crippen MR) is 66.7 cm³/mol. The number of anilines is 1. The Morgan fingerprint density at radius 1 is 1.62 bits per heavy atom. The van der Waals surface area contributed by atoms with Gasteiger partial charge in [-0.15, -0.1) is 11.3 Å². The van der Waals surface area contributed by atoms with Gasteiger partial charge >= 0.3 is 0 Å². The van der Waals surface area contributed by atoms with E-state index in [0.29, 0.717) is 12.6 Å². The van der Waals surface area contributed by atoms with Gasteiger partial charge in [-0.25, -0.2) is 4.68 Å². The first-order chi connectivity index (χ1) is 7.88. The van der Waals surface area contributed by atoms with Crippen molar-refractivity contribution in [3.8, 4) is 10.6 Å². The van der Waals surface area contributed by atoms with Gasteiger partial charge in [0.2, 0.25) is 0 Å². The van der Waals surface area contributed by atoms with Crippen molar-refractivity contribution in [1.29, 1.82) is 0 Å². The molecule has 2 aromatic rings. The van der Waals surface area contributed by atoms with Crippen LogP contribution < -0.4 is 11.1 Å². The molecule has 3 heterocycles. The van der Waals surface area contributed by atoms with Crippen molar-refractivity contribution in [2.45, 2.75) is 12.5 Å². The van der Waals surface area contributed by atoms with Gasteiger partial charge in [-0.1, -0.05) is 6.07 Å². The fraction of sp³-hybridized carbons (Fsp3) is 0.364. The number of aromatic nitrogens is 2. The van der Waals surface area contributed by atoms with Crippen LogP contribution in [0.1, 0.15) is 12.5 Å². The van der Waals surface area contributed by atoms with Crippen LogP contribution in [0.5, 0.6) is 0 Å². The number of nitrogens with two attached hydrogens (primary N) is 1. The predicted octanol–water partition coefficient (Wildman–Crippen LogP) is 1.93. The maximum atomic E-state index is 5.76. The second-order valence-electron chi connectivity index (χ2n) is 3.94. The molecule has 0 radical (unpaired) electrons. The lowest BCUT2D eigenvalue weighted by molar-refractivity contribution is 0.429. The van der Waals surface area contributed by atoms with Crippen LogP contribution >= 0.6 is 11.3 Å². The molecule has 4 nitrogen and oxygen atoms in total. The Bertz CT molecular complexity index is 474. The van der Waals surface area contributed by atoms with E-state index in [1.807, 2.05) is 10.7 Å². The highest BCUT2D eigenvalue weighted by molar-refractivity contribution is 7.13. The number of nitrogens with one attached hydrogen (secondary N) is 1. The van der Waals surface area contributed by atoms with E-state index >= 15 is 0 Å². The van der Waals surface area contributed by atoms with E-state index in [0.717, 1.165) is 24.5 Å². The molecular weight excluding hydrogens is 220 g/mol. The molecule has 84 valence electrons. The third-order valence-electron chi connectivity index (χ3n) is 2.91. The van der Waals surface area contributed by atoms with Crippen LogP contribution in [-0.4, -0.2) is 22.9 Å². The second-order valence-corrected chi connectivity index (χ2v) is 4.89. The summed E-state index contributed by atoms with van der Waals surface area (Å²) in [4.78, 5) is 1.21. The lowest BCUT2D eigenvalue weighted by atomic mass is 10.2. The van der Waals surface area contributed by atoms with Crippen molar-refractivity contribution in [2.24, 2.45) is 5.73 Å². The molecule has 1 aliphatic rings. The quantitative estimate of drug-likeness (QED) is 0.834. The molecule has 1 aliphatic heterocycles. The Morgan fingerprint density at radius 3 is 3.31 bits per heavy atom. The Hall–Kier alpha value is -1.33. The standard InChI is InChI=1S/C11H14N4S/c12-7-8-3-4-13-11-6-9(14-15(8)11)10-2-1-5-16-10/h1-2,5-6,8,13H,3-4,7,12H2. The van der Waals surface area contributed by atoms with Gasteiger partial charge in [0.15, 0.2) is 0 Å². The molecule has 16 heavy (non-hydrogen) atoms. The smallest absolute Gasteiger partial charge is 0.125 e. The van der Waals surface area contributed by atoms with Gasteiger partial charge in [0.05, 0.1) is 10.9 Å². The van der Waals surface area contributed by atoms with Crippen molar-refractivity contribution >= 4 is 17.2 Å². The molecule has 3 rings (SSSR count). The monoisotopic (exact) mass is 234 g/mol. The number of fused-ring (bicyclic) bond motifs is 1. The molecule has 2 aromatic heterocycles. The van der Waals surface area contributed by atoms with E-state index in [4.69, 9.17) is 5.73 Å². The molecule has 0 amide bonds. The highest BCUT2D eigenvalue weighted by Crippen LogP contribution is 2.30. The zero-order chi connectivity index (χ0) is 11.0. The Labute approximate surface area is 98.1 Å². The number of rotatable bonds is 2. The van der Waals surface area contributed by atoms with Crippen molar-refractivity contribution in [3.63, 3.8) is 0 Å². The molecule has 3 N–H and O–H groups in total. The van der Waals surface area contributed by atoms with Gasteiger partial charge in [0.25, 0.3) is 0 Å². The minimum Gasteiger partial charge on any atom is -0.370 e. The number of thiophene rings is 1. The average Bonchev–Trinajstić information content (AvgIpc) is 2.96. The van der Waals surface area contributed by atoms with Crippen LogP contribution in [0.3, 0.4) is 0 Å². The average molecular weight is 234 g/mol. The summed E-state index contributed by atoms with van der Waals surface area (Å²) >= 11 is 1.71. The summed E-state index contributed by atoms with van der Waals surface area (Å²) in [6.45, 7) is 1.64. The lowest BCUT2D eigenvalue weighted by Crippen LogP contribution is -2.28. The van der Waals surface area contributed by atoms with Crippen LogP contribution in [0.15, 0.2) is 23.6 Å². The summed E-state index contributed by atoms with van der Waals surface area (Å²) in [6.07, 6.45) is 1.05. The van der Waals surface area contributed by atoms with E-state index < -0.39 is 0 Å². The van der Waals surface area contributed by atoms with E-state index in [1.54, 1.807) is 11.3 Å². The van der Waals surface area contributed by atoms with E-state index in [2.05, 4.69) is 27.9 Å². The number of nitrogens with zero attached hydrogens (tertiary/aromatic N) is 2. The molecular formula is C11H14N4S. The fourth-order valence-electron chi connectivity index (χ4n) is 2.06. The molecule has 1 unspecified atom stereocenters. The summed E-state index contributed by atoms with van der Waals surface area (Å²) in [7, 11) is 0. The van der Waals surface area contributed by atoms with E-state index in [-0.39, 0.29) is 0 Å². The van der Waals surface area contributed by atoms with Gasteiger partial charge in [-0.2, -0.15) is 5.10 Å². The third kappa shape index (κ3) is 1.52. The lowest BCUT2D eigenvalue weighted by Gasteiger charge is -2.24. The van der Waals surface area contributed by atoms with Crippen LogP contribution in [0.2, 0.25) is 0 Å². The van der Waals surface area contributed by atoms with Crippen molar-refractivity contribution in [1.82, 2.24) is 9.78 Å². The SMILES string of the molecule is NCC1CCNc2cc(-c3cccs3)nn21. The van der Waals surface area contributed by atoms with Crippen LogP contribution in [0.4, 0.5) is 5.82 Å². The first-order valence-electron chi connectivity index (χ1n) is 5.46. The van der Waals surface area contributed by atoms with Gasteiger partial charge in [0, 0.05) is 19.2 Å². The second kappa shape index (κ2) is 3.92. The Morgan fingerprint density at radius 2 is 2.56 bits per heavy atom. The Kier molecular flexibility index (Phi) is 2.41. The molecule has 0 bridgehead atoms. The van der Waals surface area contributed by atoms with Gasteiger partial charge < -0.3 is 11.1 Å². The van der Waals surface area contributed by atoms with E-state index in [9.17, 15) is 0 Å². The Balaban J connectivity index is 2.02. The van der Waals surface area contributed by atoms with Crippen LogP contribution in [0.25, 0.3) is 10.6 Å². The van der Waals surface area contributed by atoms with Crippen molar-refractivity contribution in [3.05, 3.63) is 23.6 Å². The molecule has 5 heteroatoms. The molecule has 0 fully saturated rings. The minimum atomic E-state index is 0.338. The van der Waals surface area contributed by atoms with E-state index in [1.165, 1.54) is 4.88 Å². The first kappa shape index (κ1) is 9.86. The van der Waals surface area contributed by atoms with Crippen LogP contribution in [-0.2, 0) is 0 Å². The van der Waals surface area contributed by atoms with Gasteiger partial charge in [-0.05, 0) is 17.9 Å². The van der Waals surface area contributed by atoms with Crippen molar-refractivity contribution < 1.29 is 0 Å². The summed E-state index contributed by atoms with van der Waals surface area (Å²) in [6, 6.07) is 6.58. The normalized spacial score (nSPS) is 19.2. The van der Waals surface area contributed by atoms with Gasteiger partial charge in [-0.3, -0.25) is 0 Å². The third-order valence-corrected chi connectivity index (χ3v) is 3.80. The molecule has 0 spiro atoms. The van der Waals surface area contributed by atoms with Crippen molar-refractivity contribution in [2.75, 3.05) is 18.4 Å². The summed E-state index contributed by atoms with van der Waals surface area (Å²) in [5.41, 5.74) is 6.80. The highest BCUT2D eigenvalue weighted by atomic mass is 32.1. The molecule has 1 atom stereocenters. The largest absolute Gasteiger partial charge is 0.370 e. The maximum absolute atomic E-state index is 5.76. The maximum Gasteiger partial charge on any atom is 0.125 e. The summed E-state index contributed by atoms with van der Waals surface area (Å²) in [5, 5.41) is 10.1. The number of hydrogen-bond acceptors (Lipinski definition) is 4. The van der Waals surface area contributed by atoms with Gasteiger partial charge in [0.1, 0.15) is 11.5 Å². The topological polar surface area (TPSA) is 55.9 Å². The zero-order valence-corrected chi connectivity index (χ0v) is 9.70. The molecule has 0 saturated heterocycles. The minimum absolute atomic E-state index is 0.338. The first-order valence-corrected chi connectivity index (χ1v) is 6.34. The summed E-state index contributed by atoms with van der Waals surface area (Å²) < 4.78 is 2.03. The molecule has 0 aliphatic carbocycles.